The van der Waals surface area contributed by atoms with Gasteiger partial charge in [-0.1, -0.05) is 36.0 Å². The van der Waals surface area contributed by atoms with E-state index in [-0.39, 0.29) is 26.0 Å². The van der Waals surface area contributed by atoms with Gasteiger partial charge in [0.05, 0.1) is 15.6 Å². The predicted molar refractivity (Wildman–Crippen MR) is 82.2 cm³/mol. The van der Waals surface area contributed by atoms with Gasteiger partial charge in [-0.15, -0.1) is 0 Å². The summed E-state index contributed by atoms with van der Waals surface area (Å²) in [6, 6.07) is 2.34. The van der Waals surface area contributed by atoms with Crippen LogP contribution in [0.4, 0.5) is 0 Å². The quantitative estimate of drug-likeness (QED) is 0.877. The third kappa shape index (κ3) is 3.69. The largest absolute Gasteiger partial charge is 0.347 e. The van der Waals surface area contributed by atoms with Gasteiger partial charge in [-0.25, -0.2) is 13.6 Å². The van der Waals surface area contributed by atoms with Crippen LogP contribution >= 0.6 is 23.2 Å². The van der Waals surface area contributed by atoms with Crippen molar-refractivity contribution in [2.24, 2.45) is 5.14 Å². The lowest BCUT2D eigenvalue weighted by Gasteiger charge is -2.25. The van der Waals surface area contributed by atoms with Crippen LogP contribution in [0, 0.1) is 0 Å². The van der Waals surface area contributed by atoms with E-state index in [0.29, 0.717) is 0 Å². The van der Waals surface area contributed by atoms with Gasteiger partial charge in [0, 0.05) is 5.54 Å². The van der Waals surface area contributed by atoms with Gasteiger partial charge in [0.25, 0.3) is 5.91 Å². The first-order chi connectivity index (χ1) is 9.62. The number of halogens is 2. The number of hydrogen-bond acceptors (Lipinski definition) is 3. The summed E-state index contributed by atoms with van der Waals surface area (Å²) in [7, 11) is -4.02. The molecule has 116 valence electrons. The zero-order valence-electron chi connectivity index (χ0n) is 11.4. The highest BCUT2D eigenvalue weighted by Crippen LogP contribution is 2.31. The summed E-state index contributed by atoms with van der Waals surface area (Å²) >= 11 is 11.8. The van der Waals surface area contributed by atoms with E-state index >= 15 is 0 Å². The summed E-state index contributed by atoms with van der Waals surface area (Å²) in [5.74, 6) is -0.425. The molecule has 1 amide bonds. The van der Waals surface area contributed by atoms with E-state index in [4.69, 9.17) is 28.3 Å². The Balaban J connectivity index is 2.37. The molecule has 1 saturated carbocycles. The molecule has 1 fully saturated rings. The van der Waals surface area contributed by atoms with Crippen molar-refractivity contribution in [2.45, 2.75) is 43.0 Å². The van der Waals surface area contributed by atoms with E-state index in [1.54, 1.807) is 0 Å². The molecular weight excluding hydrogens is 335 g/mol. The normalized spacial score (nSPS) is 17.7. The Bertz CT molecular complexity index is 683. The Kier molecular flexibility index (Phi) is 4.54. The fourth-order valence-electron chi connectivity index (χ4n) is 2.54. The van der Waals surface area contributed by atoms with Crippen LogP contribution in [0.3, 0.4) is 0 Å². The van der Waals surface area contributed by atoms with Crippen LogP contribution < -0.4 is 10.5 Å². The van der Waals surface area contributed by atoms with E-state index in [2.05, 4.69) is 5.32 Å². The number of sulfonamides is 1. The standard InChI is InChI=1S/C13H16Cl2N2O3S/c1-13(4-2-3-5-13)17-12(18)8-6-11(21(16,19)20)10(15)7-9(8)14/h6-7H,2-5H2,1H3,(H,17,18)(H2,16,19,20). The van der Waals surface area contributed by atoms with Gasteiger partial charge in [-0.05, 0) is 31.9 Å². The Morgan fingerprint density at radius 3 is 2.33 bits per heavy atom. The second-order valence-corrected chi connectivity index (χ2v) is 7.87. The minimum atomic E-state index is -4.02. The predicted octanol–water partition coefficient (Wildman–Crippen LogP) is 2.70. The molecule has 1 aliphatic rings. The molecule has 1 aliphatic carbocycles. The molecule has 0 radical (unpaired) electrons. The number of benzene rings is 1. The van der Waals surface area contributed by atoms with Crippen LogP contribution in [0.1, 0.15) is 43.0 Å². The van der Waals surface area contributed by atoms with Gasteiger partial charge < -0.3 is 5.32 Å². The number of nitrogens with two attached hydrogens (primary N) is 1. The van der Waals surface area contributed by atoms with E-state index in [9.17, 15) is 13.2 Å². The molecule has 1 aromatic carbocycles. The number of rotatable bonds is 3. The number of carbonyl (C=O) groups is 1. The summed E-state index contributed by atoms with van der Waals surface area (Å²) in [4.78, 5) is 12.0. The van der Waals surface area contributed by atoms with Crippen molar-refractivity contribution in [2.75, 3.05) is 0 Å². The molecule has 0 aromatic heterocycles. The van der Waals surface area contributed by atoms with Crippen molar-refractivity contribution in [1.29, 1.82) is 0 Å². The Labute approximate surface area is 133 Å². The SMILES string of the molecule is CC1(NC(=O)c2cc(S(N)(=O)=O)c(Cl)cc2Cl)CCCC1. The van der Waals surface area contributed by atoms with Gasteiger partial charge in [0.1, 0.15) is 4.90 Å². The highest BCUT2D eigenvalue weighted by atomic mass is 35.5. The van der Waals surface area contributed by atoms with E-state index in [1.165, 1.54) is 6.07 Å². The zero-order chi connectivity index (χ0) is 15.8. The second kappa shape index (κ2) is 5.76. The molecule has 0 saturated heterocycles. The first-order valence-corrected chi connectivity index (χ1v) is 8.77. The number of amides is 1. The number of hydrogen-bond donors (Lipinski definition) is 2. The molecule has 0 heterocycles. The topological polar surface area (TPSA) is 89.3 Å². The monoisotopic (exact) mass is 350 g/mol. The molecule has 8 heteroatoms. The highest BCUT2D eigenvalue weighted by molar-refractivity contribution is 7.89. The van der Waals surface area contributed by atoms with Crippen LogP contribution in [0.15, 0.2) is 17.0 Å². The molecule has 5 nitrogen and oxygen atoms in total. The van der Waals surface area contributed by atoms with Gasteiger partial charge in [0.15, 0.2) is 0 Å². The molecule has 3 N–H and O–H groups in total. The average molecular weight is 351 g/mol. The third-order valence-corrected chi connectivity index (χ3v) is 5.38. The van der Waals surface area contributed by atoms with Crippen LogP contribution in [0.2, 0.25) is 10.0 Å². The Morgan fingerprint density at radius 1 is 1.24 bits per heavy atom. The number of carbonyl (C=O) groups excluding carboxylic acids is 1. The summed E-state index contributed by atoms with van der Waals surface area (Å²) in [5.41, 5.74) is -0.236. The van der Waals surface area contributed by atoms with Crippen LogP contribution in [0.5, 0.6) is 0 Å². The summed E-state index contributed by atoms with van der Waals surface area (Å²) in [5, 5.41) is 7.97. The molecule has 0 bridgehead atoms. The Hall–Kier alpha value is -0.820. The Morgan fingerprint density at radius 2 is 1.81 bits per heavy atom. The molecule has 21 heavy (non-hydrogen) atoms. The second-order valence-electron chi connectivity index (χ2n) is 5.53. The maximum Gasteiger partial charge on any atom is 0.253 e. The third-order valence-electron chi connectivity index (χ3n) is 3.70. The van der Waals surface area contributed by atoms with Crippen molar-refractivity contribution in [3.63, 3.8) is 0 Å². The minimum Gasteiger partial charge on any atom is -0.347 e. The van der Waals surface area contributed by atoms with E-state index < -0.39 is 15.9 Å². The maximum absolute atomic E-state index is 12.3. The van der Waals surface area contributed by atoms with Crippen molar-refractivity contribution < 1.29 is 13.2 Å². The van der Waals surface area contributed by atoms with E-state index in [1.807, 2.05) is 6.92 Å². The van der Waals surface area contributed by atoms with Gasteiger partial charge in [-0.2, -0.15) is 0 Å². The molecule has 0 unspecified atom stereocenters. The molecular formula is C13H16Cl2N2O3S. The highest BCUT2D eigenvalue weighted by Gasteiger charge is 2.31. The maximum atomic E-state index is 12.3. The minimum absolute atomic E-state index is 0.0539. The fraction of sp³-hybridized carbons (Fsp3) is 0.462. The fourth-order valence-corrected chi connectivity index (χ4v) is 3.95. The number of nitrogens with one attached hydrogen (secondary N) is 1. The van der Waals surface area contributed by atoms with Crippen LogP contribution in [-0.2, 0) is 10.0 Å². The summed E-state index contributed by atoms with van der Waals surface area (Å²) in [6.07, 6.45) is 3.86. The summed E-state index contributed by atoms with van der Waals surface area (Å²) < 4.78 is 22.9. The zero-order valence-corrected chi connectivity index (χ0v) is 13.8. The molecule has 0 spiro atoms. The van der Waals surface area contributed by atoms with Crippen molar-refractivity contribution in [1.82, 2.24) is 5.32 Å². The summed E-state index contributed by atoms with van der Waals surface area (Å²) in [6.45, 7) is 1.96. The van der Waals surface area contributed by atoms with Crippen LogP contribution in [-0.4, -0.2) is 19.9 Å². The van der Waals surface area contributed by atoms with Crippen molar-refractivity contribution in [3.05, 3.63) is 27.7 Å². The van der Waals surface area contributed by atoms with E-state index in [0.717, 1.165) is 31.7 Å². The lowest BCUT2D eigenvalue weighted by Crippen LogP contribution is -2.43. The average Bonchev–Trinajstić information content (AvgIpc) is 2.73. The van der Waals surface area contributed by atoms with Crippen LogP contribution in [0.25, 0.3) is 0 Å². The van der Waals surface area contributed by atoms with Gasteiger partial charge in [0.2, 0.25) is 10.0 Å². The van der Waals surface area contributed by atoms with Gasteiger partial charge in [-0.3, -0.25) is 4.79 Å². The smallest absolute Gasteiger partial charge is 0.253 e. The van der Waals surface area contributed by atoms with Crippen molar-refractivity contribution in [3.8, 4) is 0 Å². The first-order valence-electron chi connectivity index (χ1n) is 6.47. The first kappa shape index (κ1) is 16.5. The lowest BCUT2D eigenvalue weighted by molar-refractivity contribution is 0.0908. The van der Waals surface area contributed by atoms with Crippen molar-refractivity contribution >= 4 is 39.1 Å². The molecule has 2 rings (SSSR count). The molecule has 0 atom stereocenters. The molecule has 0 aliphatic heterocycles. The molecule has 1 aromatic rings. The van der Waals surface area contributed by atoms with Gasteiger partial charge >= 0.3 is 0 Å². The lowest BCUT2D eigenvalue weighted by atomic mass is 10.00. The number of primary sulfonamides is 1.